The first-order chi connectivity index (χ1) is 6.70. The Balaban J connectivity index is 3.05. The van der Waals surface area contributed by atoms with Crippen LogP contribution in [0.2, 0.25) is 0 Å². The Morgan fingerprint density at radius 1 is 1.00 bits per heavy atom. The molecule has 0 aromatic heterocycles. The van der Waals surface area contributed by atoms with E-state index < -0.39 is 0 Å². The Labute approximate surface area is 85.8 Å². The molecule has 78 valence electrons. The van der Waals surface area contributed by atoms with Crippen LogP contribution in [-0.2, 0) is 0 Å². The summed E-state index contributed by atoms with van der Waals surface area (Å²) in [5.74, 6) is 1.88. The van der Waals surface area contributed by atoms with Crippen molar-refractivity contribution in [2.75, 3.05) is 13.2 Å². The van der Waals surface area contributed by atoms with E-state index in [1.165, 1.54) is 0 Å². The van der Waals surface area contributed by atoms with Crippen LogP contribution in [0.1, 0.15) is 25.0 Å². The fraction of sp³-hybridized carbons (Fsp3) is 0.500. The first-order valence-corrected chi connectivity index (χ1v) is 5.06. The quantitative estimate of drug-likeness (QED) is 0.733. The van der Waals surface area contributed by atoms with E-state index >= 15 is 0 Å². The number of ether oxygens (including phenoxy) is 2. The second-order valence-corrected chi connectivity index (χ2v) is 3.20. The summed E-state index contributed by atoms with van der Waals surface area (Å²) >= 11 is 0. The number of benzene rings is 1. The van der Waals surface area contributed by atoms with Crippen LogP contribution in [0.15, 0.2) is 12.1 Å². The summed E-state index contributed by atoms with van der Waals surface area (Å²) in [6, 6.07) is 4.03. The Kier molecular flexibility index (Phi) is 3.81. The van der Waals surface area contributed by atoms with E-state index in [1.54, 1.807) is 0 Å². The van der Waals surface area contributed by atoms with Crippen LogP contribution in [0.4, 0.5) is 0 Å². The average Bonchev–Trinajstić information content (AvgIpc) is 2.17. The van der Waals surface area contributed by atoms with Crippen LogP contribution in [0.3, 0.4) is 0 Å². The second kappa shape index (κ2) is 4.89. The molecule has 0 atom stereocenters. The summed E-state index contributed by atoms with van der Waals surface area (Å²) < 4.78 is 11.1. The molecule has 0 bridgehead atoms. The van der Waals surface area contributed by atoms with Crippen LogP contribution in [0, 0.1) is 13.8 Å². The van der Waals surface area contributed by atoms with Crippen molar-refractivity contribution in [2.45, 2.75) is 27.7 Å². The maximum absolute atomic E-state index is 5.57. The molecule has 2 nitrogen and oxygen atoms in total. The van der Waals surface area contributed by atoms with Crippen molar-refractivity contribution >= 4 is 0 Å². The van der Waals surface area contributed by atoms with Gasteiger partial charge in [-0.15, -0.1) is 0 Å². The van der Waals surface area contributed by atoms with Crippen LogP contribution >= 0.6 is 0 Å². The van der Waals surface area contributed by atoms with Gasteiger partial charge >= 0.3 is 0 Å². The standard InChI is InChI=1S/C12H18O2/c1-5-13-11-8-7-9(3)12(10(11)4)14-6-2/h7-8H,5-6H2,1-4H3. The monoisotopic (exact) mass is 194 g/mol. The molecule has 2 heteroatoms. The van der Waals surface area contributed by atoms with E-state index in [1.807, 2.05) is 39.8 Å². The molecule has 0 saturated heterocycles. The first kappa shape index (κ1) is 10.9. The highest BCUT2D eigenvalue weighted by Gasteiger charge is 2.08. The SMILES string of the molecule is CCOc1ccc(C)c(OCC)c1C. The number of hydrogen-bond acceptors (Lipinski definition) is 2. The van der Waals surface area contributed by atoms with Gasteiger partial charge in [-0.2, -0.15) is 0 Å². The molecule has 0 aliphatic carbocycles. The molecule has 1 rings (SSSR count). The zero-order chi connectivity index (χ0) is 10.6. The minimum atomic E-state index is 0.690. The van der Waals surface area contributed by atoms with Crippen LogP contribution < -0.4 is 9.47 Å². The van der Waals surface area contributed by atoms with Crippen LogP contribution in [0.25, 0.3) is 0 Å². The van der Waals surface area contributed by atoms with E-state index in [-0.39, 0.29) is 0 Å². The van der Waals surface area contributed by atoms with Gasteiger partial charge in [-0.1, -0.05) is 6.07 Å². The van der Waals surface area contributed by atoms with E-state index in [2.05, 4.69) is 0 Å². The van der Waals surface area contributed by atoms with Crippen LogP contribution in [-0.4, -0.2) is 13.2 Å². The first-order valence-electron chi connectivity index (χ1n) is 5.06. The minimum absolute atomic E-state index is 0.690. The van der Waals surface area contributed by atoms with E-state index in [0.29, 0.717) is 13.2 Å². The molecule has 0 spiro atoms. The lowest BCUT2D eigenvalue weighted by Crippen LogP contribution is -2.00. The summed E-state index contributed by atoms with van der Waals surface area (Å²) in [6.45, 7) is 9.44. The molecule has 1 aromatic rings. The lowest BCUT2D eigenvalue weighted by molar-refractivity contribution is 0.317. The van der Waals surface area contributed by atoms with Crippen molar-refractivity contribution in [1.29, 1.82) is 0 Å². The predicted octanol–water partition coefficient (Wildman–Crippen LogP) is 3.10. The molecule has 0 saturated carbocycles. The predicted molar refractivity (Wildman–Crippen MR) is 58.3 cm³/mol. The topological polar surface area (TPSA) is 18.5 Å². The van der Waals surface area contributed by atoms with Gasteiger partial charge in [-0.25, -0.2) is 0 Å². The van der Waals surface area contributed by atoms with Gasteiger partial charge in [0, 0.05) is 5.56 Å². The van der Waals surface area contributed by atoms with Crippen molar-refractivity contribution in [3.8, 4) is 11.5 Å². The van der Waals surface area contributed by atoms with Crippen molar-refractivity contribution in [2.24, 2.45) is 0 Å². The summed E-state index contributed by atoms with van der Waals surface area (Å²) in [6.07, 6.45) is 0. The van der Waals surface area contributed by atoms with Gasteiger partial charge in [0.05, 0.1) is 13.2 Å². The highest BCUT2D eigenvalue weighted by molar-refractivity contribution is 5.48. The second-order valence-electron chi connectivity index (χ2n) is 3.20. The van der Waals surface area contributed by atoms with Crippen molar-refractivity contribution in [3.05, 3.63) is 23.3 Å². The van der Waals surface area contributed by atoms with Crippen LogP contribution in [0.5, 0.6) is 11.5 Å². The summed E-state index contributed by atoms with van der Waals surface area (Å²) in [5.41, 5.74) is 2.25. The van der Waals surface area contributed by atoms with E-state index in [9.17, 15) is 0 Å². The van der Waals surface area contributed by atoms with Gasteiger partial charge in [0.2, 0.25) is 0 Å². The highest BCUT2D eigenvalue weighted by Crippen LogP contribution is 2.30. The molecule has 14 heavy (non-hydrogen) atoms. The molecular formula is C12H18O2. The van der Waals surface area contributed by atoms with Crippen molar-refractivity contribution in [3.63, 3.8) is 0 Å². The zero-order valence-electron chi connectivity index (χ0n) is 9.39. The smallest absolute Gasteiger partial charge is 0.128 e. The fourth-order valence-corrected chi connectivity index (χ4v) is 1.49. The lowest BCUT2D eigenvalue weighted by Gasteiger charge is -2.14. The summed E-state index contributed by atoms with van der Waals surface area (Å²) in [5, 5.41) is 0. The Bertz CT molecular complexity index is 305. The Morgan fingerprint density at radius 2 is 1.64 bits per heavy atom. The number of rotatable bonds is 4. The van der Waals surface area contributed by atoms with Gasteiger partial charge in [0.25, 0.3) is 0 Å². The van der Waals surface area contributed by atoms with Crippen molar-refractivity contribution < 1.29 is 9.47 Å². The molecule has 0 amide bonds. The minimum Gasteiger partial charge on any atom is -0.493 e. The average molecular weight is 194 g/mol. The molecule has 0 N–H and O–H groups in total. The summed E-state index contributed by atoms with van der Waals surface area (Å²) in [7, 11) is 0. The third-order valence-electron chi connectivity index (χ3n) is 2.14. The van der Waals surface area contributed by atoms with E-state index in [0.717, 1.165) is 22.6 Å². The molecule has 0 radical (unpaired) electrons. The molecule has 0 unspecified atom stereocenters. The third kappa shape index (κ3) is 2.19. The molecule has 0 aliphatic rings. The van der Waals surface area contributed by atoms with Gasteiger partial charge < -0.3 is 9.47 Å². The zero-order valence-corrected chi connectivity index (χ0v) is 9.39. The maximum Gasteiger partial charge on any atom is 0.128 e. The Hall–Kier alpha value is -1.18. The molecule has 0 fully saturated rings. The van der Waals surface area contributed by atoms with Crippen molar-refractivity contribution in [1.82, 2.24) is 0 Å². The third-order valence-corrected chi connectivity index (χ3v) is 2.14. The summed E-state index contributed by atoms with van der Waals surface area (Å²) in [4.78, 5) is 0. The van der Waals surface area contributed by atoms with Gasteiger partial charge in [0.1, 0.15) is 11.5 Å². The molecule has 1 aromatic carbocycles. The normalized spacial score (nSPS) is 10.0. The fourth-order valence-electron chi connectivity index (χ4n) is 1.49. The molecule has 0 aliphatic heterocycles. The molecule has 0 heterocycles. The highest BCUT2D eigenvalue weighted by atomic mass is 16.5. The number of hydrogen-bond donors (Lipinski definition) is 0. The van der Waals surface area contributed by atoms with Gasteiger partial charge in [-0.05, 0) is 39.3 Å². The maximum atomic E-state index is 5.57. The van der Waals surface area contributed by atoms with Gasteiger partial charge in [-0.3, -0.25) is 0 Å². The Morgan fingerprint density at radius 3 is 2.21 bits per heavy atom. The largest absolute Gasteiger partial charge is 0.493 e. The van der Waals surface area contributed by atoms with E-state index in [4.69, 9.17) is 9.47 Å². The number of aryl methyl sites for hydroxylation is 1. The molecular weight excluding hydrogens is 176 g/mol. The lowest BCUT2D eigenvalue weighted by atomic mass is 10.1. The van der Waals surface area contributed by atoms with Gasteiger partial charge in [0.15, 0.2) is 0 Å².